The van der Waals surface area contributed by atoms with Crippen molar-refractivity contribution < 1.29 is 4.74 Å². The summed E-state index contributed by atoms with van der Waals surface area (Å²) < 4.78 is 5.41. The Labute approximate surface area is 81.4 Å². The Bertz CT molecular complexity index is 122. The lowest BCUT2D eigenvalue weighted by Crippen LogP contribution is -2.34. The molecule has 0 radical (unpaired) electrons. The lowest BCUT2D eigenvalue weighted by Gasteiger charge is -2.23. The van der Waals surface area contributed by atoms with E-state index in [0.29, 0.717) is 0 Å². The maximum Gasteiger partial charge on any atom is 0.0593 e. The van der Waals surface area contributed by atoms with E-state index in [4.69, 9.17) is 4.74 Å². The van der Waals surface area contributed by atoms with E-state index in [0.717, 1.165) is 32.2 Å². The van der Waals surface area contributed by atoms with Gasteiger partial charge in [-0.3, -0.25) is 0 Å². The van der Waals surface area contributed by atoms with Crippen molar-refractivity contribution >= 4 is 0 Å². The van der Waals surface area contributed by atoms with Crippen LogP contribution in [0.15, 0.2) is 0 Å². The zero-order valence-electron chi connectivity index (χ0n) is 8.88. The van der Waals surface area contributed by atoms with Crippen molar-refractivity contribution in [2.24, 2.45) is 5.92 Å². The normalized spacial score (nSPS) is 22.6. The maximum atomic E-state index is 5.41. The van der Waals surface area contributed by atoms with Gasteiger partial charge in [-0.05, 0) is 25.9 Å². The van der Waals surface area contributed by atoms with Crippen LogP contribution >= 0.6 is 0 Å². The van der Waals surface area contributed by atoms with Crippen LogP contribution in [0.3, 0.4) is 0 Å². The van der Waals surface area contributed by atoms with E-state index < -0.39 is 0 Å². The van der Waals surface area contributed by atoms with Gasteiger partial charge in [0.1, 0.15) is 0 Å². The summed E-state index contributed by atoms with van der Waals surface area (Å²) >= 11 is 0. The molecule has 0 aromatic carbocycles. The van der Waals surface area contributed by atoms with E-state index in [9.17, 15) is 0 Å². The van der Waals surface area contributed by atoms with Gasteiger partial charge in [-0.2, -0.15) is 0 Å². The molecular formula is C10H22N2O. The Kier molecular flexibility index (Phi) is 5.35. The Morgan fingerprint density at radius 3 is 3.00 bits per heavy atom. The number of nitrogens with one attached hydrogen (secondary N) is 1. The highest BCUT2D eigenvalue weighted by Crippen LogP contribution is 2.03. The third-order valence-electron chi connectivity index (χ3n) is 2.44. The molecule has 0 saturated carbocycles. The van der Waals surface area contributed by atoms with Gasteiger partial charge in [-0.25, -0.2) is 0 Å². The predicted molar refractivity (Wildman–Crippen MR) is 55.0 cm³/mol. The van der Waals surface area contributed by atoms with E-state index in [2.05, 4.69) is 17.1 Å². The fourth-order valence-corrected chi connectivity index (χ4v) is 1.83. The first-order valence-electron chi connectivity index (χ1n) is 5.27. The average Bonchev–Trinajstić information content (AvgIpc) is 2.33. The molecule has 0 spiro atoms. The van der Waals surface area contributed by atoms with Gasteiger partial charge in [-0.1, -0.05) is 6.92 Å². The molecule has 1 saturated heterocycles. The van der Waals surface area contributed by atoms with Crippen molar-refractivity contribution in [1.82, 2.24) is 10.2 Å². The average molecular weight is 186 g/mol. The smallest absolute Gasteiger partial charge is 0.0593 e. The second kappa shape index (κ2) is 6.35. The van der Waals surface area contributed by atoms with Crippen molar-refractivity contribution in [3.05, 3.63) is 0 Å². The van der Waals surface area contributed by atoms with Gasteiger partial charge >= 0.3 is 0 Å². The Morgan fingerprint density at radius 1 is 1.38 bits per heavy atom. The van der Waals surface area contributed by atoms with Gasteiger partial charge in [0, 0.05) is 26.2 Å². The molecule has 0 amide bonds. The second-order valence-corrected chi connectivity index (χ2v) is 3.93. The van der Waals surface area contributed by atoms with Crippen molar-refractivity contribution in [3.8, 4) is 0 Å². The molecule has 1 N–H and O–H groups in total. The first-order chi connectivity index (χ1) is 6.33. The number of hydrogen-bond acceptors (Lipinski definition) is 3. The van der Waals surface area contributed by atoms with E-state index >= 15 is 0 Å². The summed E-state index contributed by atoms with van der Waals surface area (Å²) in [5, 5.41) is 3.21. The van der Waals surface area contributed by atoms with Crippen molar-refractivity contribution in [2.75, 3.05) is 46.4 Å². The molecule has 0 aromatic rings. The molecule has 3 heteroatoms. The minimum absolute atomic E-state index is 0.739. The molecule has 1 atom stereocenters. The highest BCUT2D eigenvalue weighted by Gasteiger charge is 2.11. The lowest BCUT2D eigenvalue weighted by molar-refractivity contribution is 0.139. The summed E-state index contributed by atoms with van der Waals surface area (Å²) in [4.78, 5) is 2.51. The van der Waals surface area contributed by atoms with Crippen LogP contribution in [-0.4, -0.2) is 51.3 Å². The van der Waals surface area contributed by atoms with Gasteiger partial charge in [-0.15, -0.1) is 0 Å². The minimum atomic E-state index is 0.739. The van der Waals surface area contributed by atoms with Crippen LogP contribution in [0.25, 0.3) is 0 Å². The topological polar surface area (TPSA) is 24.5 Å². The van der Waals surface area contributed by atoms with E-state index in [1.165, 1.54) is 19.5 Å². The summed E-state index contributed by atoms with van der Waals surface area (Å²) in [5.41, 5.74) is 0. The van der Waals surface area contributed by atoms with Crippen LogP contribution in [0.4, 0.5) is 0 Å². The molecule has 0 aliphatic carbocycles. The fraction of sp³-hybridized carbons (Fsp3) is 1.00. The molecule has 1 fully saturated rings. The number of hydrogen-bond donors (Lipinski definition) is 1. The first-order valence-corrected chi connectivity index (χ1v) is 5.27. The molecule has 78 valence electrons. The van der Waals surface area contributed by atoms with Crippen LogP contribution in [0.5, 0.6) is 0 Å². The Morgan fingerprint density at radius 2 is 2.23 bits per heavy atom. The zero-order chi connectivity index (χ0) is 9.52. The molecule has 13 heavy (non-hydrogen) atoms. The summed E-state index contributed by atoms with van der Waals surface area (Å²) in [5.74, 6) is 0.739. The Balaban J connectivity index is 2.17. The highest BCUT2D eigenvalue weighted by atomic mass is 16.5. The molecular weight excluding hydrogens is 164 g/mol. The van der Waals surface area contributed by atoms with Crippen molar-refractivity contribution in [2.45, 2.75) is 13.3 Å². The fourth-order valence-electron chi connectivity index (χ4n) is 1.83. The molecule has 1 rings (SSSR count). The van der Waals surface area contributed by atoms with Crippen molar-refractivity contribution in [1.29, 1.82) is 0 Å². The van der Waals surface area contributed by atoms with Crippen molar-refractivity contribution in [3.63, 3.8) is 0 Å². The van der Waals surface area contributed by atoms with Gasteiger partial charge in [0.15, 0.2) is 0 Å². The third kappa shape index (κ3) is 4.60. The number of nitrogens with zero attached hydrogens (tertiary/aromatic N) is 1. The summed E-state index contributed by atoms with van der Waals surface area (Å²) in [6.45, 7) is 8.76. The molecule has 0 bridgehead atoms. The van der Waals surface area contributed by atoms with E-state index in [-0.39, 0.29) is 0 Å². The zero-order valence-corrected chi connectivity index (χ0v) is 8.88. The number of rotatable bonds is 4. The van der Waals surface area contributed by atoms with Crippen LogP contribution in [0.2, 0.25) is 0 Å². The molecule has 0 aromatic heterocycles. The molecule has 1 unspecified atom stereocenters. The lowest BCUT2D eigenvalue weighted by atomic mass is 10.1. The monoisotopic (exact) mass is 186 g/mol. The van der Waals surface area contributed by atoms with Crippen LogP contribution < -0.4 is 5.32 Å². The van der Waals surface area contributed by atoms with E-state index in [1.807, 2.05) is 7.05 Å². The molecule has 1 aliphatic heterocycles. The number of ether oxygens (including phenoxy) is 1. The van der Waals surface area contributed by atoms with Crippen LogP contribution in [-0.2, 0) is 4.74 Å². The SMILES string of the molecule is CNCC(C)CN1CCCOCC1. The summed E-state index contributed by atoms with van der Waals surface area (Å²) in [6, 6.07) is 0. The molecule has 3 nitrogen and oxygen atoms in total. The maximum absolute atomic E-state index is 5.41. The summed E-state index contributed by atoms with van der Waals surface area (Å²) in [6.07, 6.45) is 1.19. The molecule has 1 heterocycles. The predicted octanol–water partition coefficient (Wildman–Crippen LogP) is 0.564. The Hall–Kier alpha value is -0.120. The van der Waals surface area contributed by atoms with Gasteiger partial charge in [0.2, 0.25) is 0 Å². The molecule has 1 aliphatic rings. The van der Waals surface area contributed by atoms with Crippen LogP contribution in [0, 0.1) is 5.92 Å². The standard InChI is InChI=1S/C10H22N2O/c1-10(8-11-2)9-12-4-3-6-13-7-5-12/h10-11H,3-9H2,1-2H3. The van der Waals surface area contributed by atoms with Gasteiger partial charge in [0.25, 0.3) is 0 Å². The highest BCUT2D eigenvalue weighted by molar-refractivity contribution is 4.66. The van der Waals surface area contributed by atoms with Gasteiger partial charge < -0.3 is 15.0 Å². The summed E-state index contributed by atoms with van der Waals surface area (Å²) in [7, 11) is 2.02. The second-order valence-electron chi connectivity index (χ2n) is 3.93. The largest absolute Gasteiger partial charge is 0.380 e. The first kappa shape index (κ1) is 11.0. The van der Waals surface area contributed by atoms with Gasteiger partial charge in [0.05, 0.1) is 6.61 Å². The third-order valence-corrected chi connectivity index (χ3v) is 2.44. The minimum Gasteiger partial charge on any atom is -0.380 e. The quantitative estimate of drug-likeness (QED) is 0.694. The van der Waals surface area contributed by atoms with Crippen LogP contribution in [0.1, 0.15) is 13.3 Å². The van der Waals surface area contributed by atoms with E-state index in [1.54, 1.807) is 0 Å².